The lowest BCUT2D eigenvalue weighted by molar-refractivity contribution is 0.102. The number of hydrogen-bond donors (Lipinski definition) is 2. The van der Waals surface area contributed by atoms with Crippen LogP contribution in [0.4, 0.5) is 17.1 Å². The molecule has 2 N–H and O–H groups in total. The number of aryl methyl sites for hydroxylation is 1. The summed E-state index contributed by atoms with van der Waals surface area (Å²) in [5, 5.41) is 14.4. The quantitative estimate of drug-likeness (QED) is 0.511. The third kappa shape index (κ3) is 4.03. The highest BCUT2D eigenvalue weighted by molar-refractivity contribution is 6.05. The van der Waals surface area contributed by atoms with Crippen LogP contribution >= 0.6 is 0 Å². The monoisotopic (exact) mass is 387 g/mol. The molecule has 7 heteroatoms. The molecule has 0 spiro atoms. The standard InChI is InChI=1S/C22H21N5O2/c1-3-27-21-13-4-15(14-20(21)25-26-27)22(28)24-18-7-5-16(6-8-18)23-17-9-11-19(29-2)12-10-17/h4-14,23H,3H2,1-2H3,(H,24,28). The van der Waals surface area contributed by atoms with Crippen LogP contribution in [0.15, 0.2) is 66.7 Å². The van der Waals surface area contributed by atoms with Crippen LogP contribution in [0.3, 0.4) is 0 Å². The summed E-state index contributed by atoms with van der Waals surface area (Å²) in [6.07, 6.45) is 0. The second kappa shape index (κ2) is 8.02. The summed E-state index contributed by atoms with van der Waals surface area (Å²) in [5.41, 5.74) is 4.76. The molecule has 0 aliphatic carbocycles. The van der Waals surface area contributed by atoms with E-state index in [1.807, 2.05) is 61.5 Å². The van der Waals surface area contributed by atoms with Crippen molar-refractivity contribution in [2.75, 3.05) is 17.7 Å². The lowest BCUT2D eigenvalue weighted by Crippen LogP contribution is -2.11. The molecular weight excluding hydrogens is 366 g/mol. The molecule has 3 aromatic carbocycles. The van der Waals surface area contributed by atoms with Gasteiger partial charge < -0.3 is 15.4 Å². The average Bonchev–Trinajstić information content (AvgIpc) is 3.18. The summed E-state index contributed by atoms with van der Waals surface area (Å²) in [4.78, 5) is 12.6. The van der Waals surface area contributed by atoms with Crippen LogP contribution in [-0.2, 0) is 6.54 Å². The Kier molecular flexibility index (Phi) is 5.11. The molecule has 1 amide bonds. The molecule has 0 aliphatic rings. The van der Waals surface area contributed by atoms with E-state index in [1.165, 1.54) is 0 Å². The number of nitrogens with one attached hydrogen (secondary N) is 2. The molecule has 0 saturated heterocycles. The molecule has 29 heavy (non-hydrogen) atoms. The molecule has 0 aliphatic heterocycles. The van der Waals surface area contributed by atoms with Gasteiger partial charge in [0.2, 0.25) is 0 Å². The summed E-state index contributed by atoms with van der Waals surface area (Å²) in [6, 6.07) is 20.6. The van der Waals surface area contributed by atoms with Gasteiger partial charge in [-0.1, -0.05) is 5.21 Å². The van der Waals surface area contributed by atoms with Gasteiger partial charge in [0.05, 0.1) is 12.6 Å². The van der Waals surface area contributed by atoms with E-state index in [9.17, 15) is 4.79 Å². The number of fused-ring (bicyclic) bond motifs is 1. The van der Waals surface area contributed by atoms with Crippen LogP contribution in [0, 0.1) is 0 Å². The summed E-state index contributed by atoms with van der Waals surface area (Å²) in [7, 11) is 1.64. The van der Waals surface area contributed by atoms with Crippen molar-refractivity contribution in [3.63, 3.8) is 0 Å². The summed E-state index contributed by atoms with van der Waals surface area (Å²) in [6.45, 7) is 2.74. The van der Waals surface area contributed by atoms with E-state index < -0.39 is 0 Å². The predicted molar refractivity (Wildman–Crippen MR) is 114 cm³/mol. The van der Waals surface area contributed by atoms with Crippen LogP contribution in [0.25, 0.3) is 11.0 Å². The van der Waals surface area contributed by atoms with Crippen molar-refractivity contribution in [2.24, 2.45) is 0 Å². The number of methoxy groups -OCH3 is 1. The van der Waals surface area contributed by atoms with Crippen molar-refractivity contribution in [3.05, 3.63) is 72.3 Å². The second-order valence-electron chi connectivity index (χ2n) is 6.49. The van der Waals surface area contributed by atoms with Crippen molar-refractivity contribution in [1.82, 2.24) is 15.0 Å². The second-order valence-corrected chi connectivity index (χ2v) is 6.49. The van der Waals surface area contributed by atoms with E-state index >= 15 is 0 Å². The number of aromatic nitrogens is 3. The van der Waals surface area contributed by atoms with E-state index in [0.717, 1.165) is 29.2 Å². The topological polar surface area (TPSA) is 81.1 Å². The lowest BCUT2D eigenvalue weighted by atomic mass is 10.1. The first kappa shape index (κ1) is 18.5. The van der Waals surface area contributed by atoms with E-state index in [1.54, 1.807) is 23.9 Å². The molecule has 0 atom stereocenters. The fourth-order valence-corrected chi connectivity index (χ4v) is 3.03. The minimum Gasteiger partial charge on any atom is -0.497 e. The van der Waals surface area contributed by atoms with Gasteiger partial charge >= 0.3 is 0 Å². The van der Waals surface area contributed by atoms with E-state index in [-0.39, 0.29) is 5.91 Å². The number of carbonyl (C=O) groups excluding carboxylic acids is 1. The highest BCUT2D eigenvalue weighted by atomic mass is 16.5. The average molecular weight is 387 g/mol. The van der Waals surface area contributed by atoms with Gasteiger partial charge in [0.15, 0.2) is 0 Å². The molecule has 0 fully saturated rings. The Morgan fingerprint density at radius 3 is 2.28 bits per heavy atom. The number of hydrogen-bond acceptors (Lipinski definition) is 5. The van der Waals surface area contributed by atoms with Crippen molar-refractivity contribution >= 4 is 34.0 Å². The van der Waals surface area contributed by atoms with Gasteiger partial charge in [-0.2, -0.15) is 0 Å². The predicted octanol–water partition coefficient (Wildman–Crippen LogP) is 4.46. The molecule has 0 radical (unpaired) electrons. The molecule has 1 aromatic heterocycles. The maximum absolute atomic E-state index is 12.6. The Labute approximate surface area is 168 Å². The van der Waals surface area contributed by atoms with Crippen molar-refractivity contribution < 1.29 is 9.53 Å². The number of rotatable bonds is 6. The van der Waals surface area contributed by atoms with Crippen LogP contribution in [0.1, 0.15) is 17.3 Å². The zero-order valence-electron chi connectivity index (χ0n) is 16.2. The van der Waals surface area contributed by atoms with Crippen molar-refractivity contribution in [1.29, 1.82) is 0 Å². The number of anilines is 3. The molecule has 146 valence electrons. The van der Waals surface area contributed by atoms with Gasteiger partial charge in [-0.3, -0.25) is 4.79 Å². The van der Waals surface area contributed by atoms with E-state index in [4.69, 9.17) is 4.74 Å². The van der Waals surface area contributed by atoms with Gasteiger partial charge in [0.25, 0.3) is 5.91 Å². The zero-order chi connectivity index (χ0) is 20.2. The first-order valence-corrected chi connectivity index (χ1v) is 9.32. The fraction of sp³-hybridized carbons (Fsp3) is 0.136. The van der Waals surface area contributed by atoms with Crippen molar-refractivity contribution in [2.45, 2.75) is 13.5 Å². The number of benzene rings is 3. The Morgan fingerprint density at radius 1 is 0.966 bits per heavy atom. The third-order valence-electron chi connectivity index (χ3n) is 4.60. The third-order valence-corrected chi connectivity index (χ3v) is 4.60. The Morgan fingerprint density at radius 2 is 1.62 bits per heavy atom. The molecule has 4 rings (SSSR count). The van der Waals surface area contributed by atoms with Gasteiger partial charge in [-0.15, -0.1) is 5.10 Å². The Hall–Kier alpha value is -3.87. The molecule has 7 nitrogen and oxygen atoms in total. The minimum absolute atomic E-state index is 0.186. The highest BCUT2D eigenvalue weighted by Gasteiger charge is 2.10. The normalized spacial score (nSPS) is 10.7. The minimum atomic E-state index is -0.186. The first-order chi connectivity index (χ1) is 14.2. The number of amides is 1. The Bertz CT molecular complexity index is 1130. The zero-order valence-corrected chi connectivity index (χ0v) is 16.2. The lowest BCUT2D eigenvalue weighted by Gasteiger charge is -2.09. The highest BCUT2D eigenvalue weighted by Crippen LogP contribution is 2.22. The van der Waals surface area contributed by atoms with Crippen LogP contribution in [-0.4, -0.2) is 28.0 Å². The van der Waals surface area contributed by atoms with Crippen molar-refractivity contribution in [3.8, 4) is 5.75 Å². The number of nitrogens with zero attached hydrogens (tertiary/aromatic N) is 3. The van der Waals surface area contributed by atoms with Crippen LogP contribution < -0.4 is 15.4 Å². The SMILES string of the molecule is CCn1nnc2cc(C(=O)Nc3ccc(Nc4ccc(OC)cc4)cc3)ccc21. The summed E-state index contributed by atoms with van der Waals surface area (Å²) in [5.74, 6) is 0.623. The molecule has 1 heterocycles. The van der Waals surface area contributed by atoms with Gasteiger partial charge in [-0.05, 0) is 73.7 Å². The van der Waals surface area contributed by atoms with Gasteiger partial charge in [0, 0.05) is 29.2 Å². The fourth-order valence-electron chi connectivity index (χ4n) is 3.03. The molecule has 0 unspecified atom stereocenters. The molecule has 0 bridgehead atoms. The van der Waals surface area contributed by atoms with Crippen LogP contribution in [0.2, 0.25) is 0 Å². The molecule has 0 saturated carbocycles. The van der Waals surface area contributed by atoms with E-state index in [0.29, 0.717) is 16.8 Å². The summed E-state index contributed by atoms with van der Waals surface area (Å²) >= 11 is 0. The largest absolute Gasteiger partial charge is 0.497 e. The molecular formula is C22H21N5O2. The van der Waals surface area contributed by atoms with Gasteiger partial charge in [0.1, 0.15) is 11.3 Å². The summed E-state index contributed by atoms with van der Waals surface area (Å²) < 4.78 is 6.96. The maximum atomic E-state index is 12.6. The maximum Gasteiger partial charge on any atom is 0.255 e. The Balaban J connectivity index is 1.43. The smallest absolute Gasteiger partial charge is 0.255 e. The van der Waals surface area contributed by atoms with E-state index in [2.05, 4.69) is 20.9 Å². The van der Waals surface area contributed by atoms with Gasteiger partial charge in [-0.25, -0.2) is 4.68 Å². The van der Waals surface area contributed by atoms with Crippen LogP contribution in [0.5, 0.6) is 5.75 Å². The first-order valence-electron chi connectivity index (χ1n) is 9.32. The molecule has 4 aromatic rings. The number of carbonyl (C=O) groups is 1. The number of ether oxygens (including phenoxy) is 1.